The molecule has 0 radical (unpaired) electrons. The molecule has 2 amide bonds. The zero-order valence-electron chi connectivity index (χ0n) is 25.1. The number of nitrogens with one attached hydrogen (secondary N) is 1. The highest BCUT2D eigenvalue weighted by atomic mass is 32.2. The average molecular weight is 598 g/mol. The van der Waals surface area contributed by atoms with Crippen LogP contribution >= 0.6 is 0 Å². The van der Waals surface area contributed by atoms with E-state index in [9.17, 15) is 18.0 Å². The minimum absolute atomic E-state index is 0.0768. The molecule has 0 saturated heterocycles. The molecule has 1 N–H and O–H groups in total. The monoisotopic (exact) mass is 597 g/mol. The number of rotatable bonds is 12. The van der Waals surface area contributed by atoms with E-state index in [1.54, 1.807) is 30.3 Å². The number of anilines is 1. The molecule has 1 atom stereocenters. The lowest BCUT2D eigenvalue weighted by atomic mass is 10.0. The van der Waals surface area contributed by atoms with E-state index in [-0.39, 0.29) is 29.7 Å². The largest absolute Gasteiger partial charge is 0.357 e. The van der Waals surface area contributed by atoms with Crippen molar-refractivity contribution >= 4 is 27.5 Å². The summed E-state index contributed by atoms with van der Waals surface area (Å²) in [5, 5.41) is 2.71. The normalized spacial score (nSPS) is 12.0. The zero-order valence-corrected chi connectivity index (χ0v) is 25.9. The maximum absolute atomic E-state index is 14.3. The van der Waals surface area contributed by atoms with E-state index in [0.717, 1.165) is 26.6 Å². The Kier molecular flexibility index (Phi) is 10.4. The molecule has 0 unspecified atom stereocenters. The molecular formula is C35H39N3O4S. The van der Waals surface area contributed by atoms with Gasteiger partial charge in [0.1, 0.15) is 12.6 Å². The number of carbonyl (C=O) groups excluding carboxylic acids is 2. The third-order valence-corrected chi connectivity index (χ3v) is 9.24. The fourth-order valence-corrected chi connectivity index (χ4v) is 6.32. The van der Waals surface area contributed by atoms with Gasteiger partial charge < -0.3 is 10.2 Å². The standard InChI is InChI=1S/C35H39N3O4S/c1-26(2)30-19-21-31(22-20-30)38(43(41,42)32-13-9-6-10-14-32)25-34(39)37(24-29-17-15-27(3)16-18-29)33(35(40)36-4)23-28-11-7-5-8-12-28/h5-22,26,33H,23-25H2,1-4H3,(H,36,40)/t33-/m1/s1. The van der Waals surface area contributed by atoms with Gasteiger partial charge in [-0.15, -0.1) is 0 Å². The quantitative estimate of drug-likeness (QED) is 0.227. The van der Waals surface area contributed by atoms with Gasteiger partial charge in [-0.2, -0.15) is 0 Å². The van der Waals surface area contributed by atoms with Crippen molar-refractivity contribution < 1.29 is 18.0 Å². The minimum Gasteiger partial charge on any atom is -0.357 e. The number of sulfonamides is 1. The second-order valence-corrected chi connectivity index (χ2v) is 12.8. The van der Waals surface area contributed by atoms with Crippen LogP contribution in [0.1, 0.15) is 42.0 Å². The molecule has 0 aromatic heterocycles. The molecule has 0 heterocycles. The van der Waals surface area contributed by atoms with Crippen LogP contribution in [-0.4, -0.2) is 44.8 Å². The van der Waals surface area contributed by atoms with Gasteiger partial charge in [0, 0.05) is 20.0 Å². The molecule has 4 aromatic carbocycles. The summed E-state index contributed by atoms with van der Waals surface area (Å²) < 4.78 is 29.2. The van der Waals surface area contributed by atoms with Gasteiger partial charge in [-0.25, -0.2) is 8.42 Å². The topological polar surface area (TPSA) is 86.8 Å². The summed E-state index contributed by atoms with van der Waals surface area (Å²) in [5.74, 6) is -0.563. The number of aryl methyl sites for hydroxylation is 1. The van der Waals surface area contributed by atoms with Gasteiger partial charge in [0.05, 0.1) is 10.6 Å². The molecule has 0 spiro atoms. The first kappa shape index (κ1) is 31.5. The Balaban J connectivity index is 1.78. The SMILES string of the molecule is CNC(=O)[C@@H](Cc1ccccc1)N(Cc1ccc(C)cc1)C(=O)CN(c1ccc(C(C)C)cc1)S(=O)(=O)c1ccccc1. The molecule has 7 nitrogen and oxygen atoms in total. The van der Waals surface area contributed by atoms with Crippen LogP contribution < -0.4 is 9.62 Å². The van der Waals surface area contributed by atoms with E-state index in [1.807, 2.05) is 73.7 Å². The summed E-state index contributed by atoms with van der Waals surface area (Å²) in [6.07, 6.45) is 0.270. The molecule has 8 heteroatoms. The van der Waals surface area contributed by atoms with Gasteiger partial charge in [0.2, 0.25) is 11.8 Å². The molecule has 0 bridgehead atoms. The Morgan fingerprint density at radius 2 is 1.35 bits per heavy atom. The predicted molar refractivity (Wildman–Crippen MR) is 171 cm³/mol. The molecule has 224 valence electrons. The van der Waals surface area contributed by atoms with Crippen molar-refractivity contribution in [3.8, 4) is 0 Å². The number of benzene rings is 4. The van der Waals surface area contributed by atoms with Crippen molar-refractivity contribution in [1.29, 1.82) is 0 Å². The van der Waals surface area contributed by atoms with Crippen LogP contribution in [-0.2, 0) is 32.6 Å². The summed E-state index contributed by atoms with van der Waals surface area (Å²) in [7, 11) is -2.58. The number of hydrogen-bond acceptors (Lipinski definition) is 4. The van der Waals surface area contributed by atoms with E-state index in [2.05, 4.69) is 19.2 Å². The molecular weight excluding hydrogens is 558 g/mol. The number of hydrogen-bond donors (Lipinski definition) is 1. The average Bonchev–Trinajstić information content (AvgIpc) is 3.02. The van der Waals surface area contributed by atoms with Crippen LogP contribution in [0.2, 0.25) is 0 Å². The Morgan fingerprint density at radius 1 is 0.767 bits per heavy atom. The summed E-state index contributed by atoms with van der Waals surface area (Å²) >= 11 is 0. The molecule has 0 saturated carbocycles. The van der Waals surface area contributed by atoms with E-state index < -0.39 is 28.5 Å². The Bertz CT molecular complexity index is 1610. The molecule has 4 aromatic rings. The molecule has 0 fully saturated rings. The minimum atomic E-state index is -4.12. The first-order chi connectivity index (χ1) is 20.6. The van der Waals surface area contributed by atoms with Crippen molar-refractivity contribution in [3.63, 3.8) is 0 Å². The van der Waals surface area contributed by atoms with Crippen LogP contribution in [0, 0.1) is 6.92 Å². The third kappa shape index (κ3) is 7.90. The van der Waals surface area contributed by atoms with Gasteiger partial charge in [0.25, 0.3) is 10.0 Å². The summed E-state index contributed by atoms with van der Waals surface area (Å²) in [6.45, 7) is 5.76. The van der Waals surface area contributed by atoms with Crippen LogP contribution in [0.3, 0.4) is 0 Å². The van der Waals surface area contributed by atoms with E-state index in [1.165, 1.54) is 24.1 Å². The first-order valence-corrected chi connectivity index (χ1v) is 15.8. The molecule has 0 aliphatic rings. The van der Waals surface area contributed by atoms with Crippen molar-refractivity contribution in [2.75, 3.05) is 17.9 Å². The van der Waals surface area contributed by atoms with Gasteiger partial charge in [-0.1, -0.05) is 104 Å². The number of likely N-dealkylation sites (N-methyl/N-ethyl adjacent to an activating group) is 1. The van der Waals surface area contributed by atoms with E-state index in [4.69, 9.17) is 0 Å². The lowest BCUT2D eigenvalue weighted by Crippen LogP contribution is -2.53. The van der Waals surface area contributed by atoms with Gasteiger partial charge in [-0.3, -0.25) is 13.9 Å². The maximum atomic E-state index is 14.3. The summed E-state index contributed by atoms with van der Waals surface area (Å²) in [6, 6.07) is 31.7. The van der Waals surface area contributed by atoms with Crippen LogP contribution in [0.4, 0.5) is 5.69 Å². The zero-order chi connectivity index (χ0) is 31.0. The molecule has 0 aliphatic heterocycles. The second-order valence-electron chi connectivity index (χ2n) is 10.9. The first-order valence-electron chi connectivity index (χ1n) is 14.4. The fourth-order valence-electron chi connectivity index (χ4n) is 4.88. The Labute approximate surface area is 255 Å². The Hall–Kier alpha value is -4.43. The van der Waals surface area contributed by atoms with Crippen molar-refractivity contribution in [2.24, 2.45) is 0 Å². The Morgan fingerprint density at radius 3 is 1.91 bits per heavy atom. The van der Waals surface area contributed by atoms with Gasteiger partial charge >= 0.3 is 0 Å². The second kappa shape index (κ2) is 14.2. The summed E-state index contributed by atoms with van der Waals surface area (Å²) in [4.78, 5) is 29.3. The van der Waals surface area contributed by atoms with Crippen molar-refractivity contribution in [2.45, 2.75) is 50.6 Å². The van der Waals surface area contributed by atoms with E-state index >= 15 is 0 Å². The lowest BCUT2D eigenvalue weighted by molar-refractivity contribution is -0.139. The van der Waals surface area contributed by atoms with Gasteiger partial charge in [0.15, 0.2) is 0 Å². The third-order valence-electron chi connectivity index (χ3n) is 7.45. The molecule has 43 heavy (non-hydrogen) atoms. The fraction of sp³-hybridized carbons (Fsp3) is 0.257. The lowest BCUT2D eigenvalue weighted by Gasteiger charge is -2.33. The van der Waals surface area contributed by atoms with E-state index in [0.29, 0.717) is 5.69 Å². The summed E-state index contributed by atoms with van der Waals surface area (Å²) in [5.41, 5.74) is 4.21. The van der Waals surface area contributed by atoms with Crippen molar-refractivity contribution in [1.82, 2.24) is 10.2 Å². The predicted octanol–water partition coefficient (Wildman–Crippen LogP) is 5.70. The number of amides is 2. The molecule has 4 rings (SSSR count). The highest BCUT2D eigenvalue weighted by molar-refractivity contribution is 7.92. The van der Waals surface area contributed by atoms with Crippen LogP contribution in [0.5, 0.6) is 0 Å². The molecule has 0 aliphatic carbocycles. The number of carbonyl (C=O) groups is 2. The highest BCUT2D eigenvalue weighted by Crippen LogP contribution is 2.27. The van der Waals surface area contributed by atoms with Crippen LogP contribution in [0.25, 0.3) is 0 Å². The van der Waals surface area contributed by atoms with Gasteiger partial charge in [-0.05, 0) is 53.8 Å². The highest BCUT2D eigenvalue weighted by Gasteiger charge is 2.34. The van der Waals surface area contributed by atoms with Crippen LogP contribution in [0.15, 0.2) is 114 Å². The maximum Gasteiger partial charge on any atom is 0.264 e. The smallest absolute Gasteiger partial charge is 0.264 e. The van der Waals surface area contributed by atoms with Crippen molar-refractivity contribution in [3.05, 3.63) is 131 Å². The number of nitrogens with zero attached hydrogens (tertiary/aromatic N) is 2.